The number of carbonyl (C=O) groups is 1. The number of nitrogens with zero attached hydrogens (tertiary/aromatic N) is 1. The molecule has 1 saturated heterocycles. The first-order valence-corrected chi connectivity index (χ1v) is 12.7. The lowest BCUT2D eigenvalue weighted by molar-refractivity contribution is -0.339. The molecule has 9 atom stereocenters. The van der Waals surface area contributed by atoms with Crippen LogP contribution in [0.4, 0.5) is 0 Å². The minimum absolute atomic E-state index is 0.0948. The van der Waals surface area contributed by atoms with Gasteiger partial charge in [0, 0.05) is 42.2 Å². The van der Waals surface area contributed by atoms with Crippen LogP contribution in [0, 0.1) is 11.8 Å². The molecule has 0 radical (unpaired) electrons. The largest absolute Gasteiger partial charge is 0.471 e. The van der Waals surface area contributed by atoms with Crippen molar-refractivity contribution in [3.8, 4) is 0 Å². The second kappa shape index (κ2) is 11.1. The maximum absolute atomic E-state index is 12.8. The summed E-state index contributed by atoms with van der Waals surface area (Å²) in [4.78, 5) is 12.8. The smallest absolute Gasteiger partial charge is 0.337 e. The number of rotatable bonds is 7. The number of aromatic nitrogens is 1. The Morgan fingerprint density at radius 2 is 2.00 bits per heavy atom. The molecule has 5 unspecified atom stereocenters. The fourth-order valence-electron chi connectivity index (χ4n) is 5.71. The first-order chi connectivity index (χ1) is 18.4. The number of hydrogen-bond donors (Lipinski definition) is 5. The van der Waals surface area contributed by atoms with E-state index in [-0.39, 0.29) is 6.04 Å². The first-order valence-electron chi connectivity index (χ1n) is 12.7. The molecule has 3 aliphatic heterocycles. The number of methoxy groups -OCH3 is 1. The van der Waals surface area contributed by atoms with Gasteiger partial charge in [-0.25, -0.2) is 4.79 Å². The Kier molecular flexibility index (Phi) is 7.87. The van der Waals surface area contributed by atoms with Crippen molar-refractivity contribution in [3.05, 3.63) is 60.5 Å². The van der Waals surface area contributed by atoms with Crippen LogP contribution in [0.15, 0.2) is 54.8 Å². The van der Waals surface area contributed by atoms with E-state index in [0.717, 1.165) is 29.7 Å². The van der Waals surface area contributed by atoms with Crippen molar-refractivity contribution in [1.82, 2.24) is 9.88 Å². The van der Waals surface area contributed by atoms with Gasteiger partial charge in [0.15, 0.2) is 6.29 Å². The number of para-hydroxylation sites is 1. The molecule has 5 N–H and O–H groups in total. The highest BCUT2D eigenvalue weighted by Crippen LogP contribution is 2.41. The second-order valence-corrected chi connectivity index (χ2v) is 9.84. The molecule has 38 heavy (non-hydrogen) atoms. The molecule has 0 amide bonds. The third-order valence-electron chi connectivity index (χ3n) is 7.73. The van der Waals surface area contributed by atoms with Crippen molar-refractivity contribution in [2.45, 2.75) is 56.0 Å². The summed E-state index contributed by atoms with van der Waals surface area (Å²) in [5.41, 5.74) is 2.57. The minimum atomic E-state index is -1.60. The molecule has 4 heterocycles. The van der Waals surface area contributed by atoms with Crippen LogP contribution in [0.2, 0.25) is 0 Å². The molecule has 0 spiro atoms. The highest BCUT2D eigenvalue weighted by molar-refractivity contribution is 5.89. The quantitative estimate of drug-likeness (QED) is 0.250. The van der Waals surface area contributed by atoms with Gasteiger partial charge in [0.05, 0.1) is 25.6 Å². The highest BCUT2D eigenvalue weighted by Gasteiger charge is 2.48. The number of aliphatic hydroxyl groups is 4. The monoisotopic (exact) mass is 530 g/mol. The SMILES string of the molecule is C=C[C@H]1[C@H](OC2OC(CO)C(O)C(O)C2O)OC=C(C(=O)OC)[C@H]1C[C@@H]1NCCn2c1cc1ccccc12. The number of carbonyl (C=O) groups excluding carboxylic acids is 1. The molecule has 5 rings (SSSR count). The van der Waals surface area contributed by atoms with Crippen LogP contribution in [-0.2, 0) is 30.3 Å². The summed E-state index contributed by atoms with van der Waals surface area (Å²) in [7, 11) is 1.30. The molecule has 1 aromatic heterocycles. The van der Waals surface area contributed by atoms with Crippen LogP contribution in [0.25, 0.3) is 10.9 Å². The Morgan fingerprint density at radius 3 is 2.74 bits per heavy atom. The Morgan fingerprint density at radius 1 is 1.21 bits per heavy atom. The molecule has 0 aliphatic carbocycles. The fraction of sp³-hybridized carbons (Fsp3) is 0.519. The van der Waals surface area contributed by atoms with Crippen molar-refractivity contribution >= 4 is 16.9 Å². The first kappa shape index (κ1) is 26.8. The van der Waals surface area contributed by atoms with E-state index in [4.69, 9.17) is 18.9 Å². The normalized spacial score (nSPS) is 35.2. The molecule has 1 aromatic carbocycles. The molecule has 0 bridgehead atoms. The summed E-state index contributed by atoms with van der Waals surface area (Å²) in [6.07, 6.45) is -4.87. The Hall–Kier alpha value is -2.77. The van der Waals surface area contributed by atoms with Crippen LogP contribution in [0.5, 0.6) is 0 Å². The van der Waals surface area contributed by atoms with Crippen LogP contribution >= 0.6 is 0 Å². The van der Waals surface area contributed by atoms with Crippen molar-refractivity contribution in [3.63, 3.8) is 0 Å². The second-order valence-electron chi connectivity index (χ2n) is 9.84. The number of benzene rings is 1. The van der Waals surface area contributed by atoms with E-state index in [9.17, 15) is 25.2 Å². The lowest BCUT2D eigenvalue weighted by atomic mass is 9.79. The van der Waals surface area contributed by atoms with Gasteiger partial charge in [0.2, 0.25) is 6.29 Å². The molecule has 11 heteroatoms. The van der Waals surface area contributed by atoms with E-state index in [2.05, 4.69) is 34.7 Å². The zero-order chi connectivity index (χ0) is 27.0. The van der Waals surface area contributed by atoms with Crippen molar-refractivity contribution in [2.75, 3.05) is 20.3 Å². The van der Waals surface area contributed by atoms with Crippen molar-refractivity contribution < 1.29 is 44.2 Å². The predicted molar refractivity (Wildman–Crippen MR) is 134 cm³/mol. The maximum atomic E-state index is 12.8. The third-order valence-corrected chi connectivity index (χ3v) is 7.73. The van der Waals surface area contributed by atoms with Gasteiger partial charge in [-0.05, 0) is 23.9 Å². The van der Waals surface area contributed by atoms with Gasteiger partial charge in [0.1, 0.15) is 24.4 Å². The van der Waals surface area contributed by atoms with E-state index < -0.39 is 61.4 Å². The number of aliphatic hydroxyl groups excluding tert-OH is 4. The zero-order valence-electron chi connectivity index (χ0n) is 21.1. The molecule has 1 fully saturated rings. The molecule has 3 aliphatic rings. The predicted octanol–water partition coefficient (Wildman–Crippen LogP) is 0.324. The Balaban J connectivity index is 1.43. The lowest BCUT2D eigenvalue weighted by Crippen LogP contribution is -2.60. The van der Waals surface area contributed by atoms with Gasteiger partial charge in [-0.2, -0.15) is 0 Å². The molecular formula is C27H34N2O9. The van der Waals surface area contributed by atoms with Gasteiger partial charge in [-0.3, -0.25) is 0 Å². The van der Waals surface area contributed by atoms with E-state index >= 15 is 0 Å². The lowest BCUT2D eigenvalue weighted by Gasteiger charge is -2.43. The van der Waals surface area contributed by atoms with Crippen LogP contribution < -0.4 is 5.32 Å². The van der Waals surface area contributed by atoms with E-state index in [1.54, 1.807) is 6.08 Å². The molecule has 2 aromatic rings. The standard InChI is InChI=1S/C27H34N2O9/c1-3-15-16(11-18-20-10-14-6-4-5-7-19(14)29(20)9-8-28-18)17(25(34)35-2)13-36-26(15)38-27-24(33)23(32)22(31)21(12-30)37-27/h3-7,10,13,15-16,18,21-24,26-28,30-33H,1,8-9,11-12H2,2H3/t15-,16+,18+,21?,22?,23?,24?,26+,27?/m1/s1. The van der Waals surface area contributed by atoms with Crippen LogP contribution in [0.3, 0.4) is 0 Å². The number of nitrogens with one attached hydrogen (secondary N) is 1. The molecule has 11 nitrogen and oxygen atoms in total. The van der Waals surface area contributed by atoms with E-state index in [1.165, 1.54) is 13.4 Å². The van der Waals surface area contributed by atoms with Crippen LogP contribution in [0.1, 0.15) is 18.2 Å². The molecule has 0 saturated carbocycles. The summed E-state index contributed by atoms with van der Waals surface area (Å²) >= 11 is 0. The summed E-state index contributed by atoms with van der Waals surface area (Å²) in [5.74, 6) is -1.54. The van der Waals surface area contributed by atoms with Crippen molar-refractivity contribution in [1.29, 1.82) is 0 Å². The van der Waals surface area contributed by atoms with Gasteiger partial charge < -0.3 is 49.3 Å². The Bertz CT molecular complexity index is 1190. The summed E-state index contributed by atoms with van der Waals surface area (Å²) in [5, 5.41) is 44.9. The number of hydrogen-bond acceptors (Lipinski definition) is 10. The fourth-order valence-corrected chi connectivity index (χ4v) is 5.71. The van der Waals surface area contributed by atoms with Gasteiger partial charge in [0.25, 0.3) is 0 Å². The third kappa shape index (κ3) is 4.75. The van der Waals surface area contributed by atoms with Crippen molar-refractivity contribution in [2.24, 2.45) is 11.8 Å². The van der Waals surface area contributed by atoms with Gasteiger partial charge >= 0.3 is 5.97 Å². The minimum Gasteiger partial charge on any atom is -0.471 e. The van der Waals surface area contributed by atoms with Gasteiger partial charge in [-0.1, -0.05) is 24.3 Å². The van der Waals surface area contributed by atoms with E-state index in [0.29, 0.717) is 12.0 Å². The number of ether oxygens (including phenoxy) is 4. The number of esters is 1. The highest BCUT2D eigenvalue weighted by atomic mass is 16.8. The molecule has 206 valence electrons. The zero-order valence-corrected chi connectivity index (χ0v) is 21.1. The number of fused-ring (bicyclic) bond motifs is 3. The average molecular weight is 531 g/mol. The average Bonchev–Trinajstić information content (AvgIpc) is 3.33. The molecular weight excluding hydrogens is 496 g/mol. The Labute approximate surface area is 219 Å². The van der Waals surface area contributed by atoms with Crippen LogP contribution in [-0.4, -0.2) is 88.2 Å². The summed E-state index contributed by atoms with van der Waals surface area (Å²) < 4.78 is 24.5. The maximum Gasteiger partial charge on any atom is 0.337 e. The van der Waals surface area contributed by atoms with E-state index in [1.807, 2.05) is 12.1 Å². The van der Waals surface area contributed by atoms with Gasteiger partial charge in [-0.15, -0.1) is 6.58 Å². The topological polar surface area (TPSA) is 152 Å². The summed E-state index contributed by atoms with van der Waals surface area (Å²) in [6.45, 7) is 4.93. The summed E-state index contributed by atoms with van der Waals surface area (Å²) in [6, 6.07) is 10.2.